The van der Waals surface area contributed by atoms with Crippen LogP contribution in [0.15, 0.2) is 24.3 Å². The first-order valence-corrected chi connectivity index (χ1v) is 7.28. The number of fused-ring (bicyclic) bond motifs is 1. The summed E-state index contributed by atoms with van der Waals surface area (Å²) < 4.78 is 23.5. The molecule has 0 N–H and O–H groups in total. The van der Waals surface area contributed by atoms with Crippen LogP contribution >= 0.6 is 10.7 Å². The van der Waals surface area contributed by atoms with E-state index < -0.39 is 9.05 Å². The zero-order valence-corrected chi connectivity index (χ0v) is 10.3. The SMILES string of the molecule is Cn1nc(CCS(=O)(=O)Cl)c2ccccc21. The summed E-state index contributed by atoms with van der Waals surface area (Å²) in [5.74, 6) is -0.0877. The summed E-state index contributed by atoms with van der Waals surface area (Å²) >= 11 is 0. The molecule has 0 aliphatic carbocycles. The maximum atomic E-state index is 10.9. The van der Waals surface area contributed by atoms with Crippen LogP contribution in [0, 0.1) is 0 Å². The molecule has 2 rings (SSSR count). The van der Waals surface area contributed by atoms with Gasteiger partial charge in [-0.05, 0) is 6.07 Å². The first-order chi connectivity index (χ1) is 7.47. The maximum absolute atomic E-state index is 10.9. The zero-order valence-electron chi connectivity index (χ0n) is 8.72. The molecular weight excluding hydrogens is 248 g/mol. The lowest BCUT2D eigenvalue weighted by Gasteiger charge is -1.94. The van der Waals surface area contributed by atoms with Crippen LogP contribution < -0.4 is 0 Å². The fraction of sp³-hybridized carbons (Fsp3) is 0.300. The van der Waals surface area contributed by atoms with Crippen LogP contribution in [-0.4, -0.2) is 24.0 Å². The number of aromatic nitrogens is 2. The smallest absolute Gasteiger partial charge is 0.232 e. The first kappa shape index (κ1) is 11.4. The molecule has 0 unspecified atom stereocenters. The molecule has 0 amide bonds. The van der Waals surface area contributed by atoms with Crippen molar-refractivity contribution in [2.24, 2.45) is 7.05 Å². The molecule has 4 nitrogen and oxygen atoms in total. The number of para-hydroxylation sites is 1. The van der Waals surface area contributed by atoms with Crippen LogP contribution in [0.1, 0.15) is 5.69 Å². The summed E-state index contributed by atoms with van der Waals surface area (Å²) in [7, 11) is 3.55. The molecule has 0 aliphatic heterocycles. The fourth-order valence-corrected chi connectivity index (χ4v) is 2.36. The van der Waals surface area contributed by atoms with Crippen LogP contribution in [0.5, 0.6) is 0 Å². The highest BCUT2D eigenvalue weighted by Gasteiger charge is 2.11. The van der Waals surface area contributed by atoms with E-state index in [4.69, 9.17) is 10.7 Å². The Morgan fingerprint density at radius 2 is 2.06 bits per heavy atom. The summed E-state index contributed by atoms with van der Waals surface area (Å²) in [6.07, 6.45) is 0.340. The largest absolute Gasteiger partial charge is 0.268 e. The third-order valence-corrected chi connectivity index (χ3v) is 3.57. The van der Waals surface area contributed by atoms with Crippen molar-refractivity contribution in [3.05, 3.63) is 30.0 Å². The van der Waals surface area contributed by atoms with Gasteiger partial charge in [-0.15, -0.1) is 0 Å². The Kier molecular flexibility index (Phi) is 2.90. The third kappa shape index (κ3) is 2.36. The molecule has 0 atom stereocenters. The average Bonchev–Trinajstić information content (AvgIpc) is 2.53. The molecule has 0 bridgehead atoms. The predicted molar refractivity (Wildman–Crippen MR) is 64.1 cm³/mol. The molecule has 6 heteroatoms. The highest BCUT2D eigenvalue weighted by molar-refractivity contribution is 8.13. The molecule has 0 saturated carbocycles. The normalized spacial score (nSPS) is 12.1. The second kappa shape index (κ2) is 4.07. The molecule has 16 heavy (non-hydrogen) atoms. The molecule has 0 radical (unpaired) electrons. The second-order valence-corrected chi connectivity index (χ2v) is 6.48. The lowest BCUT2D eigenvalue weighted by atomic mass is 10.2. The molecule has 0 aliphatic rings. The van der Waals surface area contributed by atoms with Crippen LogP contribution in [0.25, 0.3) is 10.9 Å². The lowest BCUT2D eigenvalue weighted by Crippen LogP contribution is -2.02. The molecule has 86 valence electrons. The summed E-state index contributed by atoms with van der Waals surface area (Å²) in [6.45, 7) is 0. The third-order valence-electron chi connectivity index (χ3n) is 2.42. The fourth-order valence-electron chi connectivity index (χ4n) is 1.69. The minimum Gasteiger partial charge on any atom is -0.268 e. The van der Waals surface area contributed by atoms with E-state index in [1.165, 1.54) is 0 Å². The van der Waals surface area contributed by atoms with Gasteiger partial charge in [-0.3, -0.25) is 4.68 Å². The van der Waals surface area contributed by atoms with E-state index in [1.54, 1.807) is 4.68 Å². The van der Waals surface area contributed by atoms with Crippen molar-refractivity contribution in [2.45, 2.75) is 6.42 Å². The molecular formula is C10H11ClN2O2S. The van der Waals surface area contributed by atoms with Gasteiger partial charge in [0.2, 0.25) is 9.05 Å². The molecule has 0 saturated heterocycles. The number of aryl methyl sites for hydroxylation is 2. The first-order valence-electron chi connectivity index (χ1n) is 4.80. The molecule has 0 fully saturated rings. The Morgan fingerprint density at radius 3 is 2.75 bits per heavy atom. The Hall–Kier alpha value is -1.07. The van der Waals surface area contributed by atoms with Crippen LogP contribution in [0.3, 0.4) is 0 Å². The molecule has 1 aromatic heterocycles. The topological polar surface area (TPSA) is 52.0 Å². The van der Waals surface area contributed by atoms with E-state index in [0.717, 1.165) is 16.6 Å². The highest BCUT2D eigenvalue weighted by atomic mass is 35.7. The number of hydrogen-bond acceptors (Lipinski definition) is 3. The van der Waals surface area contributed by atoms with Crippen molar-refractivity contribution in [2.75, 3.05) is 5.75 Å². The van der Waals surface area contributed by atoms with Crippen molar-refractivity contribution in [1.29, 1.82) is 0 Å². The van der Waals surface area contributed by atoms with Gasteiger partial charge in [0.15, 0.2) is 0 Å². The Bertz CT molecular complexity index is 619. The summed E-state index contributed by atoms with van der Waals surface area (Å²) in [5, 5.41) is 5.26. The zero-order chi connectivity index (χ0) is 11.8. The van der Waals surface area contributed by atoms with Crippen molar-refractivity contribution in [1.82, 2.24) is 9.78 Å². The molecule has 1 heterocycles. The van der Waals surface area contributed by atoms with E-state index in [0.29, 0.717) is 6.42 Å². The van der Waals surface area contributed by atoms with Crippen molar-refractivity contribution in [3.8, 4) is 0 Å². The standard InChI is InChI=1S/C10H11ClN2O2S/c1-13-10-5-3-2-4-8(10)9(12-13)6-7-16(11,14)15/h2-5H,6-7H2,1H3. The van der Waals surface area contributed by atoms with Crippen molar-refractivity contribution >= 4 is 30.6 Å². The van der Waals surface area contributed by atoms with Crippen LogP contribution in [0.4, 0.5) is 0 Å². The minimum absolute atomic E-state index is 0.0877. The number of halogens is 1. The van der Waals surface area contributed by atoms with Crippen LogP contribution in [-0.2, 0) is 22.5 Å². The van der Waals surface area contributed by atoms with Gasteiger partial charge in [-0.2, -0.15) is 5.10 Å². The van der Waals surface area contributed by atoms with Crippen LogP contribution in [0.2, 0.25) is 0 Å². The van der Waals surface area contributed by atoms with E-state index in [2.05, 4.69) is 5.10 Å². The van der Waals surface area contributed by atoms with E-state index in [9.17, 15) is 8.42 Å². The Labute approximate surface area is 98.2 Å². The number of rotatable bonds is 3. The monoisotopic (exact) mass is 258 g/mol. The number of hydrogen-bond donors (Lipinski definition) is 0. The van der Waals surface area contributed by atoms with Gasteiger partial charge in [-0.25, -0.2) is 8.42 Å². The molecule has 0 spiro atoms. The Morgan fingerprint density at radius 1 is 1.38 bits per heavy atom. The number of nitrogens with zero attached hydrogens (tertiary/aromatic N) is 2. The van der Waals surface area contributed by atoms with Gasteiger partial charge in [0.05, 0.1) is 17.0 Å². The highest BCUT2D eigenvalue weighted by Crippen LogP contribution is 2.18. The van der Waals surface area contributed by atoms with Gasteiger partial charge in [-0.1, -0.05) is 18.2 Å². The van der Waals surface area contributed by atoms with Gasteiger partial charge >= 0.3 is 0 Å². The van der Waals surface area contributed by atoms with E-state index >= 15 is 0 Å². The van der Waals surface area contributed by atoms with Crippen molar-refractivity contribution < 1.29 is 8.42 Å². The van der Waals surface area contributed by atoms with E-state index in [-0.39, 0.29) is 5.75 Å². The van der Waals surface area contributed by atoms with Gasteiger partial charge in [0.25, 0.3) is 0 Å². The van der Waals surface area contributed by atoms with Gasteiger partial charge < -0.3 is 0 Å². The second-order valence-electron chi connectivity index (χ2n) is 3.58. The minimum atomic E-state index is -3.46. The average molecular weight is 259 g/mol. The molecule has 2 aromatic rings. The Balaban J connectivity index is 2.38. The maximum Gasteiger partial charge on any atom is 0.232 e. The van der Waals surface area contributed by atoms with E-state index in [1.807, 2.05) is 31.3 Å². The number of benzene rings is 1. The predicted octanol–water partition coefficient (Wildman–Crippen LogP) is 1.68. The van der Waals surface area contributed by atoms with Gasteiger partial charge in [0, 0.05) is 29.5 Å². The summed E-state index contributed by atoms with van der Waals surface area (Å²) in [5.41, 5.74) is 1.76. The lowest BCUT2D eigenvalue weighted by molar-refractivity contribution is 0.608. The van der Waals surface area contributed by atoms with Gasteiger partial charge in [0.1, 0.15) is 0 Å². The van der Waals surface area contributed by atoms with Crippen molar-refractivity contribution in [3.63, 3.8) is 0 Å². The summed E-state index contributed by atoms with van der Waals surface area (Å²) in [4.78, 5) is 0. The molecule has 1 aromatic carbocycles. The quantitative estimate of drug-likeness (QED) is 0.787. The summed E-state index contributed by atoms with van der Waals surface area (Å²) in [6, 6.07) is 7.70.